The molecule has 1 atom stereocenters. The van der Waals surface area contributed by atoms with Crippen LogP contribution in [0.3, 0.4) is 0 Å². The minimum absolute atomic E-state index is 0.0113. The molecule has 3 rings (SSSR count). The van der Waals surface area contributed by atoms with Crippen LogP contribution in [0.1, 0.15) is 41.9 Å². The highest BCUT2D eigenvalue weighted by Crippen LogP contribution is 2.23. The second-order valence-corrected chi connectivity index (χ2v) is 7.35. The summed E-state index contributed by atoms with van der Waals surface area (Å²) in [6.45, 7) is 7.12. The third kappa shape index (κ3) is 4.21. The average Bonchev–Trinajstić information content (AvgIpc) is 2.99. The van der Waals surface area contributed by atoms with E-state index in [1.54, 1.807) is 30.0 Å². The van der Waals surface area contributed by atoms with Crippen LogP contribution in [-0.2, 0) is 11.3 Å². The minimum atomic E-state index is -0.298. The van der Waals surface area contributed by atoms with Gasteiger partial charge in [0.05, 0.1) is 17.9 Å². The largest absolute Gasteiger partial charge is 0.469 e. The quantitative estimate of drug-likeness (QED) is 0.824. The van der Waals surface area contributed by atoms with Gasteiger partial charge in [-0.15, -0.1) is 0 Å². The third-order valence-electron chi connectivity index (χ3n) is 5.14. The van der Waals surface area contributed by atoms with Gasteiger partial charge in [0.1, 0.15) is 11.6 Å². The fourth-order valence-corrected chi connectivity index (χ4v) is 3.50. The Morgan fingerprint density at radius 3 is 2.56 bits per heavy atom. The first-order valence-electron chi connectivity index (χ1n) is 9.24. The number of hydrogen-bond donors (Lipinski definition) is 0. The van der Waals surface area contributed by atoms with Crippen molar-refractivity contribution in [2.75, 3.05) is 13.1 Å². The zero-order valence-corrected chi connectivity index (χ0v) is 15.9. The molecule has 0 aliphatic carbocycles. The highest BCUT2D eigenvalue weighted by molar-refractivity contribution is 5.95. The smallest absolute Gasteiger partial charge is 0.257 e. The molecule has 1 aromatic heterocycles. The first-order chi connectivity index (χ1) is 12.9. The molecule has 1 saturated heterocycles. The zero-order chi connectivity index (χ0) is 19.6. The van der Waals surface area contributed by atoms with Gasteiger partial charge in [-0.05, 0) is 36.6 Å². The van der Waals surface area contributed by atoms with Crippen molar-refractivity contribution >= 4 is 11.8 Å². The highest BCUT2D eigenvalue weighted by atomic mass is 19.1. The molecule has 0 bridgehead atoms. The molecule has 1 unspecified atom stereocenters. The molecule has 1 aromatic carbocycles. The van der Waals surface area contributed by atoms with Gasteiger partial charge in [0.2, 0.25) is 5.91 Å². The molecule has 6 heteroatoms. The molecule has 27 heavy (non-hydrogen) atoms. The van der Waals surface area contributed by atoms with Crippen LogP contribution in [0.15, 0.2) is 41.0 Å². The second kappa shape index (κ2) is 7.94. The van der Waals surface area contributed by atoms with Crippen molar-refractivity contribution in [2.45, 2.75) is 39.8 Å². The van der Waals surface area contributed by atoms with E-state index in [1.807, 2.05) is 18.7 Å². The number of nitrogens with zero attached hydrogens (tertiary/aromatic N) is 2. The van der Waals surface area contributed by atoms with Crippen LogP contribution in [0.25, 0.3) is 0 Å². The standard InChI is InChI=1S/C21H25FN2O3/c1-14(2)19-13-23(21(26)18-9-11-27-15(18)3)10-8-20(25)24(19)12-16-4-6-17(22)7-5-16/h4-7,9,11,14,19H,8,10,12-13H2,1-3H3. The zero-order valence-electron chi connectivity index (χ0n) is 15.9. The molecule has 5 nitrogen and oxygen atoms in total. The van der Waals surface area contributed by atoms with E-state index in [0.717, 1.165) is 5.56 Å². The summed E-state index contributed by atoms with van der Waals surface area (Å²) >= 11 is 0. The topological polar surface area (TPSA) is 53.8 Å². The predicted molar refractivity (Wildman–Crippen MR) is 99.5 cm³/mol. The molecule has 1 aliphatic rings. The molecular formula is C21H25FN2O3. The molecule has 2 aromatic rings. The summed E-state index contributed by atoms with van der Waals surface area (Å²) in [7, 11) is 0. The Balaban J connectivity index is 1.83. The van der Waals surface area contributed by atoms with Crippen molar-refractivity contribution in [3.8, 4) is 0 Å². The lowest BCUT2D eigenvalue weighted by Crippen LogP contribution is -2.47. The Morgan fingerprint density at radius 2 is 1.96 bits per heavy atom. The van der Waals surface area contributed by atoms with Gasteiger partial charge in [0, 0.05) is 26.1 Å². The Morgan fingerprint density at radius 1 is 1.26 bits per heavy atom. The van der Waals surface area contributed by atoms with Crippen molar-refractivity contribution in [2.24, 2.45) is 5.92 Å². The Hall–Kier alpha value is -2.63. The predicted octanol–water partition coefficient (Wildman–Crippen LogP) is 3.63. The maximum atomic E-state index is 13.2. The van der Waals surface area contributed by atoms with E-state index < -0.39 is 0 Å². The van der Waals surface area contributed by atoms with Crippen LogP contribution < -0.4 is 0 Å². The van der Waals surface area contributed by atoms with E-state index in [0.29, 0.717) is 31.0 Å². The van der Waals surface area contributed by atoms with Crippen molar-refractivity contribution in [3.63, 3.8) is 0 Å². The Kier molecular flexibility index (Phi) is 5.63. The molecular weight excluding hydrogens is 347 g/mol. The van der Waals surface area contributed by atoms with Crippen LogP contribution in [0, 0.1) is 18.7 Å². The summed E-state index contributed by atoms with van der Waals surface area (Å²) < 4.78 is 18.4. The summed E-state index contributed by atoms with van der Waals surface area (Å²) in [5.74, 6) is 0.363. The summed E-state index contributed by atoms with van der Waals surface area (Å²) in [4.78, 5) is 29.3. The lowest BCUT2D eigenvalue weighted by molar-refractivity contribution is -0.134. The number of aryl methyl sites for hydroxylation is 1. The summed E-state index contributed by atoms with van der Waals surface area (Å²) in [5, 5.41) is 0. The molecule has 0 radical (unpaired) electrons. The Bertz CT molecular complexity index is 813. The van der Waals surface area contributed by atoms with Gasteiger partial charge in [-0.1, -0.05) is 26.0 Å². The lowest BCUT2D eigenvalue weighted by atomic mass is 10.0. The lowest BCUT2D eigenvalue weighted by Gasteiger charge is -2.34. The monoisotopic (exact) mass is 372 g/mol. The Labute approximate surface area is 158 Å². The van der Waals surface area contributed by atoms with Crippen LogP contribution in [-0.4, -0.2) is 40.7 Å². The third-order valence-corrected chi connectivity index (χ3v) is 5.14. The number of benzene rings is 1. The van der Waals surface area contributed by atoms with Gasteiger partial charge in [0.25, 0.3) is 5.91 Å². The van der Waals surface area contributed by atoms with Gasteiger partial charge in [0.15, 0.2) is 0 Å². The van der Waals surface area contributed by atoms with Gasteiger partial charge in [-0.3, -0.25) is 9.59 Å². The molecule has 144 valence electrons. The van der Waals surface area contributed by atoms with Gasteiger partial charge in [-0.2, -0.15) is 0 Å². The summed E-state index contributed by atoms with van der Waals surface area (Å²) in [6.07, 6.45) is 1.78. The summed E-state index contributed by atoms with van der Waals surface area (Å²) in [6, 6.07) is 7.76. The second-order valence-electron chi connectivity index (χ2n) is 7.35. The number of amides is 2. The number of carbonyl (C=O) groups is 2. The average molecular weight is 372 g/mol. The molecule has 1 aliphatic heterocycles. The maximum absolute atomic E-state index is 13.2. The van der Waals surface area contributed by atoms with Crippen molar-refractivity contribution < 1.29 is 18.4 Å². The number of rotatable bonds is 4. The van der Waals surface area contributed by atoms with E-state index in [1.165, 1.54) is 18.4 Å². The fraction of sp³-hybridized carbons (Fsp3) is 0.429. The highest BCUT2D eigenvalue weighted by Gasteiger charge is 2.34. The number of halogens is 1. The SMILES string of the molecule is Cc1occc1C(=O)N1CCC(=O)N(Cc2ccc(F)cc2)C(C(C)C)C1. The van der Waals surface area contributed by atoms with E-state index in [4.69, 9.17) is 4.42 Å². The first-order valence-corrected chi connectivity index (χ1v) is 9.24. The fourth-order valence-electron chi connectivity index (χ4n) is 3.50. The van der Waals surface area contributed by atoms with Crippen LogP contribution >= 0.6 is 0 Å². The number of carbonyl (C=O) groups excluding carboxylic acids is 2. The molecule has 1 fully saturated rings. The molecule has 0 spiro atoms. The van der Waals surface area contributed by atoms with Gasteiger partial charge >= 0.3 is 0 Å². The molecule has 0 saturated carbocycles. The van der Waals surface area contributed by atoms with Gasteiger partial charge in [-0.25, -0.2) is 4.39 Å². The minimum Gasteiger partial charge on any atom is -0.469 e. The van der Waals surface area contributed by atoms with E-state index in [9.17, 15) is 14.0 Å². The van der Waals surface area contributed by atoms with Crippen LogP contribution in [0.2, 0.25) is 0 Å². The van der Waals surface area contributed by atoms with E-state index >= 15 is 0 Å². The number of furan rings is 1. The van der Waals surface area contributed by atoms with Crippen molar-refractivity contribution in [3.05, 3.63) is 59.3 Å². The molecule has 2 heterocycles. The summed E-state index contributed by atoms with van der Waals surface area (Å²) in [5.41, 5.74) is 1.41. The number of hydrogen-bond acceptors (Lipinski definition) is 3. The van der Waals surface area contributed by atoms with Crippen molar-refractivity contribution in [1.82, 2.24) is 9.80 Å². The maximum Gasteiger partial charge on any atom is 0.257 e. The van der Waals surface area contributed by atoms with Gasteiger partial charge < -0.3 is 14.2 Å². The van der Waals surface area contributed by atoms with Crippen LogP contribution in [0.5, 0.6) is 0 Å². The van der Waals surface area contributed by atoms with Crippen LogP contribution in [0.4, 0.5) is 4.39 Å². The van der Waals surface area contributed by atoms with Crippen molar-refractivity contribution in [1.29, 1.82) is 0 Å². The molecule has 0 N–H and O–H groups in total. The van der Waals surface area contributed by atoms with E-state index in [2.05, 4.69) is 0 Å². The first kappa shape index (κ1) is 19.1. The normalized spacial score (nSPS) is 18.1. The molecule has 2 amide bonds. The van der Waals surface area contributed by atoms with E-state index in [-0.39, 0.29) is 36.0 Å².